The average Bonchev–Trinajstić information content (AvgIpc) is 1.41. The Kier molecular flexibility index (Phi) is 16.2. The summed E-state index contributed by atoms with van der Waals surface area (Å²) in [6, 6.07) is 0. The molecular formula is H7MgO12P3. The number of hydrogen-bond acceptors (Lipinski definition) is 5. The zero-order valence-corrected chi connectivity index (χ0v) is 11.3. The Morgan fingerprint density at radius 1 is 0.625 bits per heavy atom. The fourth-order valence-corrected chi connectivity index (χ4v) is 0. The van der Waals surface area contributed by atoms with Gasteiger partial charge in [-0.05, 0) is 0 Å². The summed E-state index contributed by atoms with van der Waals surface area (Å²) >= 11 is 0. The van der Waals surface area contributed by atoms with Crippen molar-refractivity contribution in [3.8, 4) is 0 Å². The topological polar surface area (TPSA) is 239 Å². The average molecular weight is 316 g/mol. The fraction of sp³-hybridized carbons (Fsp3) is 0. The number of hydrogen-bond donors (Lipinski definition) is 7. The number of phosphoric acid groups is 3. The van der Waals surface area contributed by atoms with Crippen molar-refractivity contribution in [3.05, 3.63) is 0 Å². The van der Waals surface area contributed by atoms with Crippen LogP contribution in [-0.2, 0) is 13.7 Å². The van der Waals surface area contributed by atoms with E-state index in [1.807, 2.05) is 0 Å². The summed E-state index contributed by atoms with van der Waals surface area (Å²) in [6.07, 6.45) is 0. The Bertz CT molecular complexity index is 202. The maximum atomic E-state index is 8.88. The normalized spacial score (nSPS) is 11.1. The third-order valence-corrected chi connectivity index (χ3v) is 0. The van der Waals surface area contributed by atoms with Crippen LogP contribution in [0, 0.1) is 0 Å². The second kappa shape index (κ2) is 10.1. The molecule has 0 unspecified atom stereocenters. The van der Waals surface area contributed by atoms with Gasteiger partial charge in [0.05, 0.1) is 7.82 Å². The summed E-state index contributed by atoms with van der Waals surface area (Å²) in [5.74, 6) is 0. The minimum absolute atomic E-state index is 0. The van der Waals surface area contributed by atoms with Crippen molar-refractivity contribution >= 4 is 46.5 Å². The van der Waals surface area contributed by atoms with Crippen LogP contribution in [-0.4, -0.2) is 57.3 Å². The van der Waals surface area contributed by atoms with Crippen molar-refractivity contribution in [1.82, 2.24) is 0 Å². The van der Waals surface area contributed by atoms with Crippen LogP contribution in [0.2, 0.25) is 0 Å². The molecule has 0 rings (SSSR count). The summed E-state index contributed by atoms with van der Waals surface area (Å²) in [5.41, 5.74) is 0. The molecular weight excluding hydrogens is 309 g/mol. The van der Waals surface area contributed by atoms with Gasteiger partial charge < -0.3 is 48.6 Å². The molecule has 96 valence electrons. The van der Waals surface area contributed by atoms with Crippen LogP contribution in [0.25, 0.3) is 0 Å². The van der Waals surface area contributed by atoms with Crippen molar-refractivity contribution in [2.24, 2.45) is 0 Å². The van der Waals surface area contributed by atoms with Crippen molar-refractivity contribution in [2.75, 3.05) is 0 Å². The molecule has 0 radical (unpaired) electrons. The van der Waals surface area contributed by atoms with Gasteiger partial charge >= 0.3 is 38.7 Å². The van der Waals surface area contributed by atoms with E-state index in [2.05, 4.69) is 0 Å². The molecule has 16 heteroatoms. The van der Waals surface area contributed by atoms with Crippen molar-refractivity contribution in [2.45, 2.75) is 0 Å². The minimum Gasteiger partial charge on any atom is -0.790 e. The first-order chi connectivity index (χ1) is 6.00. The van der Waals surface area contributed by atoms with Crippen LogP contribution in [0.1, 0.15) is 0 Å². The molecule has 0 heterocycles. The molecule has 0 saturated carbocycles. The van der Waals surface area contributed by atoms with E-state index >= 15 is 0 Å². The molecule has 0 aromatic heterocycles. The van der Waals surface area contributed by atoms with Gasteiger partial charge in [0.2, 0.25) is 0 Å². The van der Waals surface area contributed by atoms with Crippen molar-refractivity contribution in [1.29, 1.82) is 0 Å². The third kappa shape index (κ3) is 2500. The molecule has 0 saturated heterocycles. The molecule has 0 aliphatic heterocycles. The summed E-state index contributed by atoms with van der Waals surface area (Å²) in [5, 5.41) is 0. The Labute approximate surface area is 104 Å². The van der Waals surface area contributed by atoms with Gasteiger partial charge in [-0.25, -0.2) is 9.13 Å². The Morgan fingerprint density at radius 2 is 0.625 bits per heavy atom. The SMILES string of the molecule is O=P(O)(O)O.O=P(O)(O)O.O=P([O-])([O-])O.[Mg+2]. The van der Waals surface area contributed by atoms with Crippen LogP contribution < -0.4 is 9.79 Å². The zero-order chi connectivity index (χ0) is 13.5. The minimum atomic E-state index is -5.14. The summed E-state index contributed by atoms with van der Waals surface area (Å²) in [7, 11) is -14.4. The third-order valence-electron chi connectivity index (χ3n) is 0. The summed E-state index contributed by atoms with van der Waals surface area (Å²) < 4.78 is 26.4. The van der Waals surface area contributed by atoms with Gasteiger partial charge in [-0.2, -0.15) is 0 Å². The van der Waals surface area contributed by atoms with E-state index in [1.165, 1.54) is 0 Å². The quantitative estimate of drug-likeness (QED) is 0.165. The van der Waals surface area contributed by atoms with Crippen molar-refractivity contribution in [3.63, 3.8) is 0 Å². The van der Waals surface area contributed by atoms with E-state index in [0.717, 1.165) is 0 Å². The van der Waals surface area contributed by atoms with Crippen LogP contribution in [0.15, 0.2) is 0 Å². The molecule has 12 nitrogen and oxygen atoms in total. The van der Waals surface area contributed by atoms with Gasteiger partial charge in [0.15, 0.2) is 0 Å². The van der Waals surface area contributed by atoms with Gasteiger partial charge in [-0.1, -0.05) is 0 Å². The predicted octanol–water partition coefficient (Wildman–Crippen LogP) is -4.43. The standard InChI is InChI=1S/Mg.3H3O4P/c;3*1-5(2,3)4/h;3*(H3,1,2,3,4)/q+2;;;/p-2. The van der Waals surface area contributed by atoms with Crippen LogP contribution in [0.4, 0.5) is 0 Å². The van der Waals surface area contributed by atoms with E-state index in [4.69, 9.17) is 57.7 Å². The molecule has 0 bridgehead atoms. The maximum absolute atomic E-state index is 8.88. The Hall–Kier alpha value is 1.10. The maximum Gasteiger partial charge on any atom is 2.00 e. The second-order valence-electron chi connectivity index (χ2n) is 1.50. The van der Waals surface area contributed by atoms with Gasteiger partial charge in [0.25, 0.3) is 0 Å². The molecule has 0 aromatic carbocycles. The van der Waals surface area contributed by atoms with Gasteiger partial charge in [-0.3, -0.25) is 0 Å². The molecule has 0 fully saturated rings. The molecule has 7 N–H and O–H groups in total. The van der Waals surface area contributed by atoms with Crippen LogP contribution >= 0.6 is 23.5 Å². The van der Waals surface area contributed by atoms with E-state index in [9.17, 15) is 0 Å². The first-order valence-corrected chi connectivity index (χ1v) is 6.94. The summed E-state index contributed by atoms with van der Waals surface area (Å²) in [4.78, 5) is 67.4. The van der Waals surface area contributed by atoms with Gasteiger partial charge in [0, 0.05) is 0 Å². The molecule has 0 amide bonds. The van der Waals surface area contributed by atoms with Crippen LogP contribution in [0.5, 0.6) is 0 Å². The molecule has 0 aliphatic carbocycles. The Morgan fingerprint density at radius 3 is 0.625 bits per heavy atom. The smallest absolute Gasteiger partial charge is 0.790 e. The largest absolute Gasteiger partial charge is 2.00 e. The summed E-state index contributed by atoms with van der Waals surface area (Å²) in [6.45, 7) is 0. The first-order valence-electron chi connectivity index (χ1n) is 2.31. The first kappa shape index (κ1) is 25.8. The van der Waals surface area contributed by atoms with E-state index in [1.54, 1.807) is 0 Å². The Balaban J connectivity index is -0.0000000655. The zero-order valence-electron chi connectivity index (χ0n) is 7.22. The second-order valence-corrected chi connectivity index (χ2v) is 4.49. The number of rotatable bonds is 0. The van der Waals surface area contributed by atoms with E-state index in [-0.39, 0.29) is 23.1 Å². The van der Waals surface area contributed by atoms with Crippen molar-refractivity contribution < 1.29 is 57.7 Å². The van der Waals surface area contributed by atoms with E-state index in [0.29, 0.717) is 0 Å². The molecule has 0 spiro atoms. The molecule has 0 atom stereocenters. The molecule has 0 aliphatic rings. The fourth-order valence-electron chi connectivity index (χ4n) is 0. The molecule has 0 aromatic rings. The van der Waals surface area contributed by atoms with Gasteiger partial charge in [0.1, 0.15) is 0 Å². The predicted molar refractivity (Wildman–Crippen MR) is 44.1 cm³/mol. The molecule has 16 heavy (non-hydrogen) atoms. The van der Waals surface area contributed by atoms with E-state index < -0.39 is 23.5 Å². The van der Waals surface area contributed by atoms with Gasteiger partial charge in [-0.15, -0.1) is 0 Å². The van der Waals surface area contributed by atoms with Crippen LogP contribution in [0.3, 0.4) is 0 Å². The monoisotopic (exact) mass is 316 g/mol.